The molecule has 3 heteroatoms. The van der Waals surface area contributed by atoms with Gasteiger partial charge < -0.3 is 5.32 Å². The van der Waals surface area contributed by atoms with Crippen molar-refractivity contribution < 1.29 is 8.78 Å². The Morgan fingerprint density at radius 2 is 1.82 bits per heavy atom. The summed E-state index contributed by atoms with van der Waals surface area (Å²) in [5.41, 5.74) is 0.508. The lowest BCUT2D eigenvalue weighted by Crippen LogP contribution is -2.27. The predicted octanol–water partition coefficient (Wildman–Crippen LogP) is 3.49. The first kappa shape index (κ1) is 12.5. The number of halogens is 2. The van der Waals surface area contributed by atoms with E-state index in [1.54, 1.807) is 0 Å². The van der Waals surface area contributed by atoms with Gasteiger partial charge in [-0.15, -0.1) is 0 Å². The van der Waals surface area contributed by atoms with Crippen LogP contribution in [-0.4, -0.2) is 6.54 Å². The quantitative estimate of drug-likeness (QED) is 0.829. The Hall–Kier alpha value is -0.960. The molecule has 94 valence electrons. The van der Waals surface area contributed by atoms with Gasteiger partial charge in [-0.3, -0.25) is 0 Å². The van der Waals surface area contributed by atoms with Gasteiger partial charge in [-0.25, -0.2) is 8.78 Å². The number of benzene rings is 1. The molecule has 1 nitrogen and oxygen atoms in total. The van der Waals surface area contributed by atoms with Crippen LogP contribution in [0.15, 0.2) is 18.2 Å². The molecule has 1 saturated carbocycles. The fraction of sp³-hybridized carbons (Fsp3) is 0.571. The van der Waals surface area contributed by atoms with Crippen molar-refractivity contribution in [2.45, 2.75) is 33.2 Å². The Kier molecular flexibility index (Phi) is 3.48. The van der Waals surface area contributed by atoms with Gasteiger partial charge >= 0.3 is 0 Å². The van der Waals surface area contributed by atoms with Gasteiger partial charge in [0, 0.05) is 18.7 Å². The number of rotatable bonds is 5. The predicted molar refractivity (Wildman–Crippen MR) is 64.6 cm³/mol. The second-order valence-electron chi connectivity index (χ2n) is 5.32. The average Bonchev–Trinajstić information content (AvgIpc) is 3.03. The zero-order valence-corrected chi connectivity index (χ0v) is 10.4. The molecule has 0 atom stereocenters. The fourth-order valence-corrected chi connectivity index (χ4v) is 2.26. The molecule has 2 rings (SSSR count). The summed E-state index contributed by atoms with van der Waals surface area (Å²) in [7, 11) is 0. The van der Waals surface area contributed by atoms with Crippen molar-refractivity contribution in [2.75, 3.05) is 6.54 Å². The van der Waals surface area contributed by atoms with E-state index in [0.29, 0.717) is 11.3 Å². The maximum Gasteiger partial charge on any atom is 0.130 e. The van der Waals surface area contributed by atoms with Gasteiger partial charge in [-0.1, -0.05) is 19.9 Å². The van der Waals surface area contributed by atoms with Crippen LogP contribution in [0.5, 0.6) is 0 Å². The normalized spacial score (nSPS) is 17.5. The first-order chi connectivity index (χ1) is 8.05. The van der Waals surface area contributed by atoms with Crippen LogP contribution < -0.4 is 5.32 Å². The van der Waals surface area contributed by atoms with Crippen molar-refractivity contribution >= 4 is 0 Å². The largest absolute Gasteiger partial charge is 0.312 e. The zero-order valence-electron chi connectivity index (χ0n) is 10.4. The van der Waals surface area contributed by atoms with E-state index in [1.807, 2.05) is 0 Å². The standard InChI is InChI=1S/C14H19F2N/c1-10(2)14(6-7-14)9-17-8-11-12(15)4-3-5-13(11)16/h3-5,10,17H,6-9H2,1-2H3. The van der Waals surface area contributed by atoms with Crippen LogP contribution in [0.25, 0.3) is 0 Å². The summed E-state index contributed by atoms with van der Waals surface area (Å²) < 4.78 is 26.7. The van der Waals surface area contributed by atoms with Crippen LogP contribution in [-0.2, 0) is 6.54 Å². The van der Waals surface area contributed by atoms with Gasteiger partial charge in [0.15, 0.2) is 0 Å². The van der Waals surface area contributed by atoms with Crippen LogP contribution in [0.4, 0.5) is 8.78 Å². The monoisotopic (exact) mass is 239 g/mol. The Bertz CT molecular complexity index is 377. The minimum absolute atomic E-state index is 0.145. The highest BCUT2D eigenvalue weighted by Gasteiger charge is 2.44. The van der Waals surface area contributed by atoms with Gasteiger partial charge in [-0.2, -0.15) is 0 Å². The second-order valence-corrected chi connectivity index (χ2v) is 5.32. The van der Waals surface area contributed by atoms with E-state index < -0.39 is 11.6 Å². The van der Waals surface area contributed by atoms with Crippen molar-refractivity contribution in [3.63, 3.8) is 0 Å². The highest BCUT2D eigenvalue weighted by atomic mass is 19.1. The lowest BCUT2D eigenvalue weighted by atomic mass is 9.92. The summed E-state index contributed by atoms with van der Waals surface area (Å²) in [6.07, 6.45) is 2.44. The van der Waals surface area contributed by atoms with Gasteiger partial charge in [0.1, 0.15) is 11.6 Å². The molecule has 0 heterocycles. The maximum atomic E-state index is 13.4. The molecule has 1 fully saturated rings. The van der Waals surface area contributed by atoms with Crippen molar-refractivity contribution in [3.8, 4) is 0 Å². The van der Waals surface area contributed by atoms with E-state index in [-0.39, 0.29) is 12.1 Å². The molecule has 1 aromatic rings. The van der Waals surface area contributed by atoms with Crippen LogP contribution in [0.1, 0.15) is 32.3 Å². The van der Waals surface area contributed by atoms with E-state index in [9.17, 15) is 8.78 Å². The topological polar surface area (TPSA) is 12.0 Å². The van der Waals surface area contributed by atoms with E-state index in [2.05, 4.69) is 19.2 Å². The smallest absolute Gasteiger partial charge is 0.130 e. The Morgan fingerprint density at radius 3 is 2.29 bits per heavy atom. The fourth-order valence-electron chi connectivity index (χ4n) is 2.26. The second kappa shape index (κ2) is 4.73. The summed E-state index contributed by atoms with van der Waals surface area (Å²) in [6.45, 7) is 5.53. The molecule has 0 unspecified atom stereocenters. The summed E-state index contributed by atoms with van der Waals surface area (Å²) in [4.78, 5) is 0. The molecule has 0 saturated heterocycles. The molecule has 1 N–H and O–H groups in total. The Morgan fingerprint density at radius 1 is 1.24 bits per heavy atom. The van der Waals surface area contributed by atoms with Crippen LogP contribution in [0, 0.1) is 23.0 Å². The average molecular weight is 239 g/mol. The summed E-state index contributed by atoms with van der Waals surface area (Å²) in [5.74, 6) is -0.306. The lowest BCUT2D eigenvalue weighted by molar-refractivity contribution is 0.335. The molecule has 0 radical (unpaired) electrons. The molecule has 1 aromatic carbocycles. The summed E-state index contributed by atoms with van der Waals surface area (Å²) in [5, 5.41) is 3.19. The highest BCUT2D eigenvalue weighted by Crippen LogP contribution is 2.51. The highest BCUT2D eigenvalue weighted by molar-refractivity contribution is 5.19. The SMILES string of the molecule is CC(C)C1(CNCc2c(F)cccc2F)CC1. The molecular weight excluding hydrogens is 220 g/mol. The van der Waals surface area contributed by atoms with Crippen molar-refractivity contribution in [3.05, 3.63) is 35.4 Å². The number of hydrogen-bond acceptors (Lipinski definition) is 1. The molecule has 1 aliphatic carbocycles. The Labute approximate surface area is 101 Å². The van der Waals surface area contributed by atoms with Crippen LogP contribution in [0.2, 0.25) is 0 Å². The van der Waals surface area contributed by atoms with Crippen molar-refractivity contribution in [1.82, 2.24) is 5.32 Å². The van der Waals surface area contributed by atoms with Crippen molar-refractivity contribution in [2.24, 2.45) is 11.3 Å². The van der Waals surface area contributed by atoms with E-state index >= 15 is 0 Å². The molecular formula is C14H19F2N. The molecule has 0 aliphatic heterocycles. The molecule has 1 aliphatic rings. The maximum absolute atomic E-state index is 13.4. The first-order valence-corrected chi connectivity index (χ1v) is 6.19. The Balaban J connectivity index is 1.91. The van der Waals surface area contributed by atoms with Gasteiger partial charge in [0.25, 0.3) is 0 Å². The van der Waals surface area contributed by atoms with Crippen molar-refractivity contribution in [1.29, 1.82) is 0 Å². The van der Waals surface area contributed by atoms with E-state index in [4.69, 9.17) is 0 Å². The molecule has 0 aromatic heterocycles. The number of hydrogen-bond donors (Lipinski definition) is 1. The van der Waals surface area contributed by atoms with Crippen LogP contribution >= 0.6 is 0 Å². The third-order valence-corrected chi connectivity index (χ3v) is 3.96. The van der Waals surface area contributed by atoms with Gasteiger partial charge in [0.2, 0.25) is 0 Å². The number of nitrogens with one attached hydrogen (secondary N) is 1. The molecule has 17 heavy (non-hydrogen) atoms. The summed E-state index contributed by atoms with van der Waals surface area (Å²) >= 11 is 0. The summed E-state index contributed by atoms with van der Waals surface area (Å²) in [6, 6.07) is 4.00. The van der Waals surface area contributed by atoms with E-state index in [0.717, 1.165) is 6.54 Å². The third-order valence-electron chi connectivity index (χ3n) is 3.96. The van der Waals surface area contributed by atoms with E-state index in [1.165, 1.54) is 31.0 Å². The lowest BCUT2D eigenvalue weighted by Gasteiger charge is -2.20. The zero-order chi connectivity index (χ0) is 12.5. The third kappa shape index (κ3) is 2.65. The molecule has 0 amide bonds. The van der Waals surface area contributed by atoms with Crippen LogP contribution in [0.3, 0.4) is 0 Å². The minimum Gasteiger partial charge on any atom is -0.312 e. The minimum atomic E-state index is -0.466. The molecule has 0 bridgehead atoms. The molecule has 0 spiro atoms. The first-order valence-electron chi connectivity index (χ1n) is 6.19. The van der Waals surface area contributed by atoms with Gasteiger partial charge in [-0.05, 0) is 36.3 Å². The van der Waals surface area contributed by atoms with Gasteiger partial charge in [0.05, 0.1) is 0 Å².